The van der Waals surface area contributed by atoms with Gasteiger partial charge in [-0.15, -0.1) is 0 Å². The standard InChI is InChI=1S/C20H25ClN4O2S/c1-24(2)14-7-15-25-18-10-5-4-9-17(18)23-20(25)12-13-22-28(26,27)19-11-6-3-8-16(19)21/h3-6,8-11,22H,7,12-15H2,1-2H3. The monoisotopic (exact) mass is 420 g/mol. The van der Waals surface area contributed by atoms with Crippen molar-refractivity contribution < 1.29 is 8.42 Å². The van der Waals surface area contributed by atoms with E-state index in [0.29, 0.717) is 6.42 Å². The number of benzene rings is 2. The highest BCUT2D eigenvalue weighted by molar-refractivity contribution is 7.89. The third-order valence-electron chi connectivity index (χ3n) is 4.49. The molecule has 2 aromatic carbocycles. The van der Waals surface area contributed by atoms with Gasteiger partial charge >= 0.3 is 0 Å². The summed E-state index contributed by atoms with van der Waals surface area (Å²) in [5.74, 6) is 0.877. The number of aromatic nitrogens is 2. The van der Waals surface area contributed by atoms with Crippen molar-refractivity contribution in [2.45, 2.75) is 24.3 Å². The van der Waals surface area contributed by atoms with Crippen LogP contribution >= 0.6 is 11.6 Å². The molecule has 0 aliphatic rings. The molecule has 0 saturated carbocycles. The van der Waals surface area contributed by atoms with Gasteiger partial charge in [0.15, 0.2) is 0 Å². The molecule has 0 aliphatic carbocycles. The Hall–Kier alpha value is -1.93. The van der Waals surface area contributed by atoms with Crippen LogP contribution in [-0.4, -0.2) is 50.1 Å². The highest BCUT2D eigenvalue weighted by atomic mass is 35.5. The van der Waals surface area contributed by atoms with E-state index in [-0.39, 0.29) is 16.5 Å². The summed E-state index contributed by atoms with van der Waals surface area (Å²) in [5.41, 5.74) is 2.00. The molecular formula is C20H25ClN4O2S. The predicted molar refractivity (Wildman–Crippen MR) is 113 cm³/mol. The molecule has 1 heterocycles. The maximum Gasteiger partial charge on any atom is 0.242 e. The van der Waals surface area contributed by atoms with E-state index < -0.39 is 10.0 Å². The van der Waals surface area contributed by atoms with Crippen molar-refractivity contribution in [1.82, 2.24) is 19.2 Å². The molecule has 0 saturated heterocycles. The zero-order chi connectivity index (χ0) is 20.1. The summed E-state index contributed by atoms with van der Waals surface area (Å²) in [5, 5.41) is 0.214. The first-order valence-electron chi connectivity index (χ1n) is 9.21. The maximum absolute atomic E-state index is 12.5. The smallest absolute Gasteiger partial charge is 0.242 e. The van der Waals surface area contributed by atoms with Crippen molar-refractivity contribution in [1.29, 1.82) is 0 Å². The van der Waals surface area contributed by atoms with E-state index >= 15 is 0 Å². The number of rotatable bonds is 9. The van der Waals surface area contributed by atoms with Crippen LogP contribution < -0.4 is 4.72 Å². The molecule has 0 radical (unpaired) electrons. The van der Waals surface area contributed by atoms with Gasteiger partial charge in [0, 0.05) is 19.5 Å². The van der Waals surface area contributed by atoms with Crippen LogP contribution in [0.1, 0.15) is 12.2 Å². The number of nitrogens with one attached hydrogen (secondary N) is 1. The van der Waals surface area contributed by atoms with E-state index in [9.17, 15) is 8.42 Å². The van der Waals surface area contributed by atoms with Crippen LogP contribution in [0.4, 0.5) is 0 Å². The molecule has 150 valence electrons. The Balaban J connectivity index is 1.74. The van der Waals surface area contributed by atoms with Gasteiger partial charge in [0.1, 0.15) is 10.7 Å². The van der Waals surface area contributed by atoms with Crippen molar-refractivity contribution in [3.05, 3.63) is 59.4 Å². The normalized spacial score (nSPS) is 12.1. The van der Waals surface area contributed by atoms with Crippen molar-refractivity contribution in [2.24, 2.45) is 0 Å². The molecule has 3 aromatic rings. The average molecular weight is 421 g/mol. The van der Waals surface area contributed by atoms with Crippen molar-refractivity contribution in [2.75, 3.05) is 27.2 Å². The number of imidazole rings is 1. The topological polar surface area (TPSA) is 67.2 Å². The first kappa shape index (κ1) is 20.8. The summed E-state index contributed by atoms with van der Waals surface area (Å²) >= 11 is 6.03. The van der Waals surface area contributed by atoms with E-state index in [1.165, 1.54) is 6.07 Å². The van der Waals surface area contributed by atoms with Crippen LogP contribution in [0.25, 0.3) is 11.0 Å². The second kappa shape index (κ2) is 9.05. The molecule has 0 amide bonds. The van der Waals surface area contributed by atoms with Crippen LogP contribution in [0.5, 0.6) is 0 Å². The molecule has 3 rings (SSSR count). The number of fused-ring (bicyclic) bond motifs is 1. The minimum Gasteiger partial charge on any atom is -0.328 e. The molecule has 1 N–H and O–H groups in total. The summed E-state index contributed by atoms with van der Waals surface area (Å²) in [6.07, 6.45) is 1.49. The fourth-order valence-electron chi connectivity index (χ4n) is 3.15. The van der Waals surface area contributed by atoms with Gasteiger partial charge in [-0.3, -0.25) is 0 Å². The number of sulfonamides is 1. The second-order valence-corrected chi connectivity index (χ2v) is 9.05. The van der Waals surface area contributed by atoms with Gasteiger partial charge in [0.2, 0.25) is 10.0 Å². The fraction of sp³-hybridized carbons (Fsp3) is 0.350. The Labute approximate surface area is 171 Å². The maximum atomic E-state index is 12.5. The molecule has 0 aliphatic heterocycles. The molecule has 0 atom stereocenters. The fourth-order valence-corrected chi connectivity index (χ4v) is 4.70. The Bertz CT molecular complexity index is 1050. The third-order valence-corrected chi connectivity index (χ3v) is 6.45. The summed E-state index contributed by atoms with van der Waals surface area (Å²) in [6, 6.07) is 14.4. The van der Waals surface area contributed by atoms with E-state index in [1.54, 1.807) is 18.2 Å². The molecule has 1 aromatic heterocycles. The van der Waals surface area contributed by atoms with Crippen LogP contribution in [0, 0.1) is 0 Å². The number of aryl methyl sites for hydroxylation is 1. The van der Waals surface area contributed by atoms with Crippen molar-refractivity contribution >= 4 is 32.7 Å². The van der Waals surface area contributed by atoms with E-state index in [0.717, 1.165) is 36.4 Å². The Kier molecular flexibility index (Phi) is 6.72. The molecule has 0 spiro atoms. The third kappa shape index (κ3) is 4.91. The largest absolute Gasteiger partial charge is 0.328 e. The molecule has 0 unspecified atom stereocenters. The minimum absolute atomic E-state index is 0.0937. The van der Waals surface area contributed by atoms with Gasteiger partial charge in [0.05, 0.1) is 16.1 Å². The lowest BCUT2D eigenvalue weighted by molar-refractivity contribution is 0.386. The minimum atomic E-state index is -3.66. The van der Waals surface area contributed by atoms with Crippen LogP contribution in [0.2, 0.25) is 5.02 Å². The first-order chi connectivity index (χ1) is 13.4. The first-order valence-corrected chi connectivity index (χ1v) is 11.1. The molecule has 6 nitrogen and oxygen atoms in total. The summed E-state index contributed by atoms with van der Waals surface area (Å²) in [4.78, 5) is 6.95. The summed E-state index contributed by atoms with van der Waals surface area (Å²) in [7, 11) is 0.446. The van der Waals surface area contributed by atoms with Gasteiger partial charge in [0.25, 0.3) is 0 Å². The second-order valence-electron chi connectivity index (χ2n) is 6.90. The summed E-state index contributed by atoms with van der Waals surface area (Å²) in [6.45, 7) is 2.07. The number of para-hydroxylation sites is 2. The van der Waals surface area contributed by atoms with Gasteiger partial charge in [-0.2, -0.15) is 0 Å². The van der Waals surface area contributed by atoms with Crippen molar-refractivity contribution in [3.8, 4) is 0 Å². The lowest BCUT2D eigenvalue weighted by Gasteiger charge is -2.13. The number of hydrogen-bond donors (Lipinski definition) is 1. The molecule has 28 heavy (non-hydrogen) atoms. The average Bonchev–Trinajstić information content (AvgIpc) is 2.99. The molecular weight excluding hydrogens is 396 g/mol. The van der Waals surface area contributed by atoms with E-state index in [1.807, 2.05) is 18.2 Å². The number of nitrogens with zero attached hydrogens (tertiary/aromatic N) is 3. The Morgan fingerprint density at radius 2 is 1.82 bits per heavy atom. The van der Waals surface area contributed by atoms with E-state index in [2.05, 4.69) is 34.4 Å². The van der Waals surface area contributed by atoms with Gasteiger partial charge in [-0.05, 0) is 51.3 Å². The lowest BCUT2D eigenvalue weighted by atomic mass is 10.3. The Morgan fingerprint density at radius 3 is 2.57 bits per heavy atom. The number of halogens is 1. The number of hydrogen-bond acceptors (Lipinski definition) is 4. The van der Waals surface area contributed by atoms with Crippen LogP contribution in [-0.2, 0) is 23.0 Å². The predicted octanol–water partition coefficient (Wildman–Crippen LogP) is 3.16. The SMILES string of the molecule is CN(C)CCCn1c(CCNS(=O)(=O)c2ccccc2Cl)nc2ccccc21. The van der Waals surface area contributed by atoms with Crippen LogP contribution in [0.3, 0.4) is 0 Å². The zero-order valence-corrected chi connectivity index (χ0v) is 17.7. The highest BCUT2D eigenvalue weighted by Gasteiger charge is 2.17. The lowest BCUT2D eigenvalue weighted by Crippen LogP contribution is -2.27. The molecule has 8 heteroatoms. The quantitative estimate of drug-likeness (QED) is 0.577. The zero-order valence-electron chi connectivity index (χ0n) is 16.1. The van der Waals surface area contributed by atoms with E-state index in [4.69, 9.17) is 16.6 Å². The molecule has 0 fully saturated rings. The molecule has 0 bridgehead atoms. The Morgan fingerprint density at radius 1 is 1.11 bits per heavy atom. The summed E-state index contributed by atoms with van der Waals surface area (Å²) < 4.78 is 29.9. The van der Waals surface area contributed by atoms with Crippen LogP contribution in [0.15, 0.2) is 53.4 Å². The van der Waals surface area contributed by atoms with Crippen molar-refractivity contribution in [3.63, 3.8) is 0 Å². The van der Waals surface area contributed by atoms with Gasteiger partial charge in [-0.25, -0.2) is 18.1 Å². The highest BCUT2D eigenvalue weighted by Crippen LogP contribution is 2.20. The van der Waals surface area contributed by atoms with Gasteiger partial charge < -0.3 is 9.47 Å². The van der Waals surface area contributed by atoms with Gasteiger partial charge in [-0.1, -0.05) is 35.9 Å².